The molecule has 3 aliphatic rings. The van der Waals surface area contributed by atoms with Crippen molar-refractivity contribution in [1.29, 1.82) is 0 Å². The quantitative estimate of drug-likeness (QED) is 0.714. The highest BCUT2D eigenvalue weighted by molar-refractivity contribution is 5.81. The first-order chi connectivity index (χ1) is 11.4. The molecule has 1 aliphatic heterocycles. The number of hydrogen-bond acceptors (Lipinski definition) is 4. The van der Waals surface area contributed by atoms with Crippen LogP contribution in [0.1, 0.15) is 39.5 Å². The summed E-state index contributed by atoms with van der Waals surface area (Å²) in [4.78, 5) is 33.5. The molecule has 6 heteroatoms. The molecule has 2 amide bonds. The first kappa shape index (κ1) is 17.7. The monoisotopic (exact) mass is 336 g/mol. The van der Waals surface area contributed by atoms with Crippen molar-refractivity contribution >= 4 is 11.8 Å². The van der Waals surface area contributed by atoms with Crippen LogP contribution in [0.2, 0.25) is 0 Å². The molecule has 1 saturated heterocycles. The van der Waals surface area contributed by atoms with Gasteiger partial charge in [-0.1, -0.05) is 0 Å². The van der Waals surface area contributed by atoms with E-state index >= 15 is 0 Å². The molecule has 0 spiro atoms. The van der Waals surface area contributed by atoms with Crippen molar-refractivity contribution in [2.75, 3.05) is 40.3 Å². The van der Waals surface area contributed by atoms with Crippen LogP contribution < -0.4 is 0 Å². The van der Waals surface area contributed by atoms with Crippen LogP contribution in [0.15, 0.2) is 0 Å². The molecule has 0 N–H and O–H groups in total. The number of rotatable bonds is 6. The molecular formula is C18H32N4O2. The molecule has 3 rings (SSSR count). The lowest BCUT2D eigenvalue weighted by molar-refractivity contribution is -0.146. The van der Waals surface area contributed by atoms with E-state index in [4.69, 9.17) is 0 Å². The average molecular weight is 336 g/mol. The third kappa shape index (κ3) is 4.09. The molecular weight excluding hydrogens is 304 g/mol. The van der Waals surface area contributed by atoms with E-state index < -0.39 is 0 Å². The lowest BCUT2D eigenvalue weighted by Gasteiger charge is -2.45. The minimum absolute atomic E-state index is 0.0940. The molecule has 6 nitrogen and oxygen atoms in total. The fourth-order valence-electron chi connectivity index (χ4n) is 3.72. The van der Waals surface area contributed by atoms with Crippen molar-refractivity contribution in [2.45, 2.75) is 63.7 Å². The van der Waals surface area contributed by atoms with Gasteiger partial charge in [-0.25, -0.2) is 0 Å². The Labute approximate surface area is 145 Å². The molecule has 0 aromatic heterocycles. The Bertz CT molecular complexity index is 445. The summed E-state index contributed by atoms with van der Waals surface area (Å²) >= 11 is 0. The van der Waals surface area contributed by atoms with Crippen LogP contribution in [-0.2, 0) is 9.59 Å². The van der Waals surface area contributed by atoms with E-state index in [1.165, 1.54) is 25.7 Å². The van der Waals surface area contributed by atoms with Crippen molar-refractivity contribution in [2.24, 2.45) is 0 Å². The Morgan fingerprint density at radius 1 is 0.792 bits per heavy atom. The molecule has 136 valence electrons. The molecule has 0 aromatic carbocycles. The highest BCUT2D eigenvalue weighted by Crippen LogP contribution is 2.26. The Hall–Kier alpha value is -1.14. The molecule has 2 aliphatic carbocycles. The van der Waals surface area contributed by atoms with Crippen LogP contribution in [0.3, 0.4) is 0 Å². The summed E-state index contributed by atoms with van der Waals surface area (Å²) in [6.45, 7) is 6.42. The lowest BCUT2D eigenvalue weighted by atomic mass is 10.1. The van der Waals surface area contributed by atoms with Gasteiger partial charge in [0.2, 0.25) is 11.8 Å². The van der Waals surface area contributed by atoms with Crippen molar-refractivity contribution in [1.82, 2.24) is 19.6 Å². The lowest BCUT2D eigenvalue weighted by Crippen LogP contribution is -2.61. The van der Waals surface area contributed by atoms with Gasteiger partial charge in [-0.3, -0.25) is 19.4 Å². The minimum Gasteiger partial charge on any atom is -0.335 e. The summed E-state index contributed by atoms with van der Waals surface area (Å²) < 4.78 is 0. The first-order valence-corrected chi connectivity index (χ1v) is 9.36. The van der Waals surface area contributed by atoms with E-state index in [1.807, 2.05) is 23.9 Å². The molecule has 2 atom stereocenters. The minimum atomic E-state index is 0.0940. The Kier molecular flexibility index (Phi) is 5.16. The number of amides is 2. The zero-order valence-electron chi connectivity index (χ0n) is 15.6. The van der Waals surface area contributed by atoms with E-state index in [-0.39, 0.29) is 23.9 Å². The average Bonchev–Trinajstić information content (AvgIpc) is 3.40. The molecule has 1 heterocycles. The highest BCUT2D eigenvalue weighted by Gasteiger charge is 2.37. The van der Waals surface area contributed by atoms with E-state index in [9.17, 15) is 9.59 Å². The molecule has 0 radical (unpaired) electrons. The molecule has 0 aromatic rings. The van der Waals surface area contributed by atoms with Gasteiger partial charge >= 0.3 is 0 Å². The number of nitrogens with zero attached hydrogens (tertiary/aromatic N) is 4. The highest BCUT2D eigenvalue weighted by atomic mass is 16.2. The van der Waals surface area contributed by atoms with E-state index in [0.717, 1.165) is 0 Å². The smallest absolute Gasteiger partial charge is 0.237 e. The van der Waals surface area contributed by atoms with Gasteiger partial charge in [0.25, 0.3) is 0 Å². The van der Waals surface area contributed by atoms with Gasteiger partial charge in [-0.05, 0) is 53.6 Å². The SMILES string of the molecule is C[C@H]1CN(C(=O)CN(C)C2CC2)[C@@H](C)CN1C(=O)CN(C)C1CC1. The van der Waals surface area contributed by atoms with Gasteiger partial charge in [0.1, 0.15) is 0 Å². The van der Waals surface area contributed by atoms with Crippen molar-refractivity contribution in [3.63, 3.8) is 0 Å². The summed E-state index contributed by atoms with van der Waals surface area (Å²) in [7, 11) is 4.08. The van der Waals surface area contributed by atoms with Gasteiger partial charge in [-0.15, -0.1) is 0 Å². The number of likely N-dealkylation sites (N-methyl/N-ethyl adjacent to an activating group) is 2. The van der Waals surface area contributed by atoms with Gasteiger partial charge in [0, 0.05) is 37.3 Å². The second-order valence-corrected chi connectivity index (χ2v) is 8.08. The normalized spacial score (nSPS) is 27.9. The Balaban J connectivity index is 1.52. The summed E-state index contributed by atoms with van der Waals surface area (Å²) in [5, 5.41) is 0. The summed E-state index contributed by atoms with van der Waals surface area (Å²) in [5.41, 5.74) is 0. The second kappa shape index (κ2) is 7.00. The number of hydrogen-bond donors (Lipinski definition) is 0. The molecule has 24 heavy (non-hydrogen) atoms. The van der Waals surface area contributed by atoms with Gasteiger partial charge in [0.05, 0.1) is 13.1 Å². The number of carbonyl (C=O) groups excluding carboxylic acids is 2. The number of piperazine rings is 1. The largest absolute Gasteiger partial charge is 0.335 e. The number of carbonyl (C=O) groups is 2. The molecule has 3 fully saturated rings. The van der Waals surface area contributed by atoms with Crippen LogP contribution >= 0.6 is 0 Å². The maximum atomic E-state index is 12.6. The van der Waals surface area contributed by atoms with Crippen LogP contribution in [-0.4, -0.2) is 95.9 Å². The van der Waals surface area contributed by atoms with Crippen LogP contribution in [0.25, 0.3) is 0 Å². The summed E-state index contributed by atoms with van der Waals surface area (Å²) in [6.07, 6.45) is 4.86. The van der Waals surface area contributed by atoms with E-state index in [2.05, 4.69) is 23.6 Å². The fraction of sp³-hybridized carbons (Fsp3) is 0.889. The predicted molar refractivity (Wildman–Crippen MR) is 93.7 cm³/mol. The third-order valence-corrected chi connectivity index (χ3v) is 5.74. The predicted octanol–water partition coefficient (Wildman–Crippen LogP) is 0.623. The van der Waals surface area contributed by atoms with Crippen LogP contribution in [0, 0.1) is 0 Å². The van der Waals surface area contributed by atoms with Crippen molar-refractivity contribution in [3.8, 4) is 0 Å². The summed E-state index contributed by atoms with van der Waals surface area (Å²) in [6, 6.07) is 1.39. The second-order valence-electron chi connectivity index (χ2n) is 8.08. The third-order valence-electron chi connectivity index (χ3n) is 5.74. The molecule has 0 bridgehead atoms. The zero-order valence-corrected chi connectivity index (χ0v) is 15.6. The van der Waals surface area contributed by atoms with Gasteiger partial charge < -0.3 is 9.80 Å². The topological polar surface area (TPSA) is 47.1 Å². The molecule has 2 saturated carbocycles. The van der Waals surface area contributed by atoms with E-state index in [1.54, 1.807) is 0 Å². The molecule has 0 unspecified atom stereocenters. The Morgan fingerprint density at radius 3 is 1.42 bits per heavy atom. The van der Waals surface area contributed by atoms with Gasteiger partial charge in [-0.2, -0.15) is 0 Å². The van der Waals surface area contributed by atoms with Crippen molar-refractivity contribution < 1.29 is 9.59 Å². The van der Waals surface area contributed by atoms with E-state index in [0.29, 0.717) is 38.3 Å². The maximum absolute atomic E-state index is 12.6. The van der Waals surface area contributed by atoms with Crippen LogP contribution in [0.5, 0.6) is 0 Å². The summed E-state index contributed by atoms with van der Waals surface area (Å²) in [5.74, 6) is 0.400. The Morgan fingerprint density at radius 2 is 1.12 bits per heavy atom. The fourth-order valence-corrected chi connectivity index (χ4v) is 3.72. The zero-order chi connectivity index (χ0) is 17.4. The van der Waals surface area contributed by atoms with Crippen LogP contribution in [0.4, 0.5) is 0 Å². The maximum Gasteiger partial charge on any atom is 0.237 e. The van der Waals surface area contributed by atoms with Gasteiger partial charge in [0.15, 0.2) is 0 Å². The standard InChI is InChI=1S/C18H32N4O2/c1-13-9-22(18(24)12-20(4)16-7-8-16)14(2)10-21(13)17(23)11-19(3)15-5-6-15/h13-16H,5-12H2,1-4H3/t13-,14-/m0/s1. The van der Waals surface area contributed by atoms with Crippen molar-refractivity contribution in [3.05, 3.63) is 0 Å². The first-order valence-electron chi connectivity index (χ1n) is 9.36.